The Morgan fingerprint density at radius 3 is 2.24 bits per heavy atom. The van der Waals surface area contributed by atoms with Crippen LogP contribution in [0.2, 0.25) is 0 Å². The van der Waals surface area contributed by atoms with E-state index in [1.54, 1.807) is 48.5 Å². The molecule has 0 aliphatic heterocycles. The van der Waals surface area contributed by atoms with Crippen molar-refractivity contribution in [3.63, 3.8) is 0 Å². The zero-order valence-electron chi connectivity index (χ0n) is 19.9. The van der Waals surface area contributed by atoms with E-state index in [2.05, 4.69) is 0 Å². The average Bonchev–Trinajstić information content (AvgIpc) is 2.86. The second-order valence-corrected chi connectivity index (χ2v) is 8.52. The lowest BCUT2D eigenvalue weighted by atomic mass is 10.0. The van der Waals surface area contributed by atoms with Crippen molar-refractivity contribution in [3.8, 4) is 34.9 Å². The van der Waals surface area contributed by atoms with E-state index in [0.29, 0.717) is 22.6 Å². The number of aromatic nitrogens is 1. The third-order valence-corrected chi connectivity index (χ3v) is 5.89. The van der Waals surface area contributed by atoms with Crippen molar-refractivity contribution in [1.82, 2.24) is 4.57 Å². The lowest BCUT2D eigenvalue weighted by molar-refractivity contribution is -0.137. The van der Waals surface area contributed by atoms with Gasteiger partial charge in [-0.05, 0) is 79.1 Å². The van der Waals surface area contributed by atoms with Gasteiger partial charge in [-0.25, -0.2) is 0 Å². The Hall–Kier alpha value is -4.82. The van der Waals surface area contributed by atoms with E-state index >= 15 is 0 Å². The van der Waals surface area contributed by atoms with Gasteiger partial charge in [-0.2, -0.15) is 23.7 Å². The van der Waals surface area contributed by atoms with Gasteiger partial charge in [0.25, 0.3) is 5.56 Å². The number of alkyl halides is 3. The molecule has 0 saturated carbocycles. The van der Waals surface area contributed by atoms with Gasteiger partial charge in [0.2, 0.25) is 0 Å². The van der Waals surface area contributed by atoms with Crippen LogP contribution in [0, 0.1) is 36.5 Å². The summed E-state index contributed by atoms with van der Waals surface area (Å²) in [7, 11) is 0. The molecule has 0 unspecified atom stereocenters. The van der Waals surface area contributed by atoms with Gasteiger partial charge < -0.3 is 9.30 Å². The van der Waals surface area contributed by atoms with Gasteiger partial charge in [-0.15, -0.1) is 0 Å². The van der Waals surface area contributed by atoms with Crippen LogP contribution in [-0.2, 0) is 12.7 Å². The summed E-state index contributed by atoms with van der Waals surface area (Å²) in [6, 6.07) is 22.7. The molecule has 0 fully saturated rings. The predicted octanol–water partition coefficient (Wildman–Crippen LogP) is 6.73. The highest BCUT2D eigenvalue weighted by atomic mass is 19.4. The van der Waals surface area contributed by atoms with Crippen molar-refractivity contribution in [3.05, 3.63) is 117 Å². The number of aryl methyl sites for hydroxylation is 2. The molecule has 5 nitrogen and oxygen atoms in total. The number of hydrogen-bond acceptors (Lipinski definition) is 4. The lowest BCUT2D eigenvalue weighted by Gasteiger charge is -2.19. The van der Waals surface area contributed by atoms with Gasteiger partial charge in [0, 0.05) is 0 Å². The molecule has 0 bridgehead atoms. The molecule has 0 N–H and O–H groups in total. The van der Waals surface area contributed by atoms with E-state index in [1.807, 2.05) is 38.1 Å². The molecule has 8 heteroatoms. The summed E-state index contributed by atoms with van der Waals surface area (Å²) in [6.07, 6.45) is -4.88. The summed E-state index contributed by atoms with van der Waals surface area (Å²) in [4.78, 5) is 13.2. The molecule has 0 radical (unpaired) electrons. The zero-order valence-corrected chi connectivity index (χ0v) is 19.9. The van der Waals surface area contributed by atoms with Crippen molar-refractivity contribution in [2.45, 2.75) is 26.6 Å². The Morgan fingerprint density at radius 1 is 0.892 bits per heavy atom. The number of halogens is 3. The van der Waals surface area contributed by atoms with Crippen molar-refractivity contribution < 1.29 is 17.9 Å². The van der Waals surface area contributed by atoms with Crippen LogP contribution in [-0.4, -0.2) is 4.57 Å². The minimum atomic E-state index is -4.88. The molecule has 0 amide bonds. The van der Waals surface area contributed by atoms with Gasteiger partial charge in [0.05, 0.1) is 29.4 Å². The molecule has 0 spiro atoms. The van der Waals surface area contributed by atoms with Crippen molar-refractivity contribution in [2.24, 2.45) is 0 Å². The number of nitriles is 2. The topological polar surface area (TPSA) is 78.8 Å². The maximum absolute atomic E-state index is 13.8. The van der Waals surface area contributed by atoms with Crippen LogP contribution in [0.15, 0.2) is 77.6 Å². The summed E-state index contributed by atoms with van der Waals surface area (Å²) >= 11 is 0. The number of hydrogen-bond donors (Lipinski definition) is 0. The van der Waals surface area contributed by atoms with Crippen LogP contribution < -0.4 is 10.3 Å². The zero-order chi connectivity index (χ0) is 26.7. The highest BCUT2D eigenvalue weighted by Crippen LogP contribution is 2.34. The van der Waals surface area contributed by atoms with Crippen LogP contribution in [0.5, 0.6) is 11.5 Å². The Balaban J connectivity index is 1.82. The first-order chi connectivity index (χ1) is 17.6. The van der Waals surface area contributed by atoms with E-state index < -0.39 is 22.9 Å². The quantitative estimate of drug-likeness (QED) is 0.305. The van der Waals surface area contributed by atoms with Crippen LogP contribution in [0.1, 0.15) is 33.4 Å². The van der Waals surface area contributed by atoms with E-state index in [9.17, 15) is 23.2 Å². The summed E-state index contributed by atoms with van der Waals surface area (Å²) in [5.74, 6) is 0.822. The number of rotatable bonds is 5. The van der Waals surface area contributed by atoms with E-state index in [4.69, 9.17) is 10.00 Å². The summed E-state index contributed by atoms with van der Waals surface area (Å²) < 4.78 is 48.4. The Kier molecular flexibility index (Phi) is 6.86. The average molecular weight is 499 g/mol. The molecule has 0 aliphatic rings. The Bertz CT molecular complexity index is 1620. The van der Waals surface area contributed by atoms with E-state index in [0.717, 1.165) is 22.8 Å². The molecular weight excluding hydrogens is 479 g/mol. The normalized spacial score (nSPS) is 11.0. The highest BCUT2D eigenvalue weighted by molar-refractivity contribution is 5.64. The first kappa shape index (κ1) is 25.3. The molecule has 184 valence electrons. The molecule has 4 rings (SSSR count). The maximum atomic E-state index is 13.8. The maximum Gasteiger partial charge on any atom is 0.417 e. The van der Waals surface area contributed by atoms with Crippen LogP contribution in [0.25, 0.3) is 11.3 Å². The van der Waals surface area contributed by atoms with Gasteiger partial charge >= 0.3 is 6.18 Å². The van der Waals surface area contributed by atoms with E-state index in [-0.39, 0.29) is 12.2 Å². The molecule has 1 heterocycles. The second kappa shape index (κ2) is 10.0. The Labute approximate surface area is 211 Å². The van der Waals surface area contributed by atoms with Crippen molar-refractivity contribution in [1.29, 1.82) is 10.5 Å². The number of ether oxygens (including phenoxy) is 1. The van der Waals surface area contributed by atoms with Gasteiger partial charge in [0.15, 0.2) is 0 Å². The monoisotopic (exact) mass is 499 g/mol. The lowest BCUT2D eigenvalue weighted by Crippen LogP contribution is -2.29. The van der Waals surface area contributed by atoms with Crippen LogP contribution in [0.4, 0.5) is 13.2 Å². The smallest absolute Gasteiger partial charge is 0.417 e. The first-order valence-electron chi connectivity index (χ1n) is 11.2. The molecule has 1 aromatic heterocycles. The summed E-state index contributed by atoms with van der Waals surface area (Å²) in [6.45, 7) is 3.77. The standard InChI is InChI=1S/C29H20F3N3O2/c1-18-6-7-22(19(2)12-18)17-35-27(14-26(29(30,31)32)25(16-34)28(35)36)21-8-10-23(11-9-21)37-24-5-3-4-20(13-24)15-33/h3-14H,17H2,1-2H3. The van der Waals surface area contributed by atoms with Crippen LogP contribution >= 0.6 is 0 Å². The fourth-order valence-corrected chi connectivity index (χ4v) is 4.03. The number of pyridine rings is 1. The van der Waals surface area contributed by atoms with E-state index in [1.165, 1.54) is 10.6 Å². The highest BCUT2D eigenvalue weighted by Gasteiger charge is 2.36. The first-order valence-corrected chi connectivity index (χ1v) is 11.2. The van der Waals surface area contributed by atoms with Gasteiger partial charge in [-0.3, -0.25) is 4.79 Å². The molecule has 0 atom stereocenters. The minimum Gasteiger partial charge on any atom is -0.457 e. The second-order valence-electron chi connectivity index (χ2n) is 8.52. The molecule has 0 saturated heterocycles. The van der Waals surface area contributed by atoms with Crippen LogP contribution in [0.3, 0.4) is 0 Å². The molecule has 37 heavy (non-hydrogen) atoms. The summed E-state index contributed by atoms with van der Waals surface area (Å²) in [5.41, 5.74) is 0.176. The third-order valence-electron chi connectivity index (χ3n) is 5.89. The molecule has 4 aromatic rings. The fraction of sp³-hybridized carbons (Fsp3) is 0.138. The van der Waals surface area contributed by atoms with Crippen molar-refractivity contribution in [2.75, 3.05) is 0 Å². The summed E-state index contributed by atoms with van der Waals surface area (Å²) in [5, 5.41) is 18.5. The SMILES string of the molecule is Cc1ccc(Cn2c(-c3ccc(Oc4cccc(C#N)c4)cc3)cc(C(F)(F)F)c(C#N)c2=O)c(C)c1. The van der Waals surface area contributed by atoms with Gasteiger partial charge in [0.1, 0.15) is 23.1 Å². The largest absolute Gasteiger partial charge is 0.457 e. The molecule has 0 aliphatic carbocycles. The predicted molar refractivity (Wildman–Crippen MR) is 132 cm³/mol. The molecular formula is C29H20F3N3O2. The third kappa shape index (κ3) is 5.39. The molecule has 3 aromatic carbocycles. The fourth-order valence-electron chi connectivity index (χ4n) is 4.03. The number of nitrogens with zero attached hydrogens (tertiary/aromatic N) is 3. The van der Waals surface area contributed by atoms with Crippen molar-refractivity contribution >= 4 is 0 Å². The minimum absolute atomic E-state index is 0.00764. The number of benzene rings is 3. The van der Waals surface area contributed by atoms with Gasteiger partial charge in [-0.1, -0.05) is 29.8 Å². The Morgan fingerprint density at radius 2 is 1.62 bits per heavy atom.